The molecule has 0 heterocycles. The summed E-state index contributed by atoms with van der Waals surface area (Å²) >= 11 is 0. The molecule has 0 fully saturated rings. The van der Waals surface area contributed by atoms with Gasteiger partial charge in [-0.2, -0.15) is 6.21 Å². The van der Waals surface area contributed by atoms with Crippen LogP contribution in [0.25, 0.3) is 0 Å². The van der Waals surface area contributed by atoms with Crippen molar-refractivity contribution >= 4 is 6.21 Å². The first kappa shape index (κ1) is 16.3. The standard InChI is InChI=1S/C5H8N.C2H6.Y/c1-3-4-5-6-2;1-2;/h3-4H,1-2H3;1-2H3;/q-1;;/b4-3-;;. The Balaban J connectivity index is -0.000000109. The summed E-state index contributed by atoms with van der Waals surface area (Å²) < 4.78 is 0. The SMILES string of the molecule is C/C=C\[C-]=NC.CC.[Y]. The van der Waals surface area contributed by atoms with Crippen molar-refractivity contribution in [3.8, 4) is 0 Å². The third-order valence-corrected chi connectivity index (χ3v) is 0.370. The minimum absolute atomic E-state index is 0. The van der Waals surface area contributed by atoms with Crippen LogP contribution in [0.2, 0.25) is 0 Å². The topological polar surface area (TPSA) is 12.4 Å². The molecule has 0 saturated heterocycles. The van der Waals surface area contributed by atoms with Crippen molar-refractivity contribution in [3.05, 3.63) is 12.2 Å². The fourth-order valence-electron chi connectivity index (χ4n) is 0.149. The molecule has 0 aromatic heterocycles. The number of nitrogens with zero attached hydrogens (tertiary/aromatic N) is 1. The Morgan fingerprint density at radius 1 is 1.33 bits per heavy atom. The molecule has 2 heteroatoms. The van der Waals surface area contributed by atoms with E-state index in [-0.39, 0.29) is 32.7 Å². The van der Waals surface area contributed by atoms with Crippen molar-refractivity contribution in [1.82, 2.24) is 0 Å². The number of allylic oxidation sites excluding steroid dienone is 2. The van der Waals surface area contributed by atoms with Gasteiger partial charge in [0.1, 0.15) is 0 Å². The summed E-state index contributed by atoms with van der Waals surface area (Å²) in [6.45, 7) is 5.93. The van der Waals surface area contributed by atoms with Gasteiger partial charge in [-0.25, -0.2) is 12.2 Å². The van der Waals surface area contributed by atoms with Crippen molar-refractivity contribution in [2.75, 3.05) is 7.05 Å². The number of hydrogen-bond acceptors (Lipinski definition) is 1. The minimum atomic E-state index is 0. The molecule has 0 unspecified atom stereocenters. The van der Waals surface area contributed by atoms with Crippen molar-refractivity contribution in [2.24, 2.45) is 4.99 Å². The van der Waals surface area contributed by atoms with E-state index in [4.69, 9.17) is 0 Å². The molecule has 0 atom stereocenters. The van der Waals surface area contributed by atoms with Crippen molar-refractivity contribution in [2.45, 2.75) is 20.8 Å². The molecule has 0 rings (SSSR count). The van der Waals surface area contributed by atoms with Crippen molar-refractivity contribution < 1.29 is 32.7 Å². The van der Waals surface area contributed by atoms with E-state index in [9.17, 15) is 0 Å². The van der Waals surface area contributed by atoms with Gasteiger partial charge < -0.3 is 4.99 Å². The maximum atomic E-state index is 3.59. The van der Waals surface area contributed by atoms with Gasteiger partial charge >= 0.3 is 0 Å². The molecule has 0 aliphatic carbocycles. The molecule has 1 nitrogen and oxygen atoms in total. The van der Waals surface area contributed by atoms with Crippen LogP contribution in [-0.4, -0.2) is 13.3 Å². The summed E-state index contributed by atoms with van der Waals surface area (Å²) in [5.41, 5.74) is 0. The normalized spacial score (nSPS) is 8.44. The fraction of sp³-hybridized carbons (Fsp3) is 0.571. The van der Waals surface area contributed by atoms with Gasteiger partial charge in [-0.15, -0.1) is 6.92 Å². The predicted octanol–water partition coefficient (Wildman–Crippen LogP) is 2.16. The first-order valence-electron chi connectivity index (χ1n) is 2.87. The zero-order valence-electron chi connectivity index (χ0n) is 6.68. The van der Waals surface area contributed by atoms with Crippen LogP contribution in [0.4, 0.5) is 0 Å². The van der Waals surface area contributed by atoms with Crippen LogP contribution in [0.5, 0.6) is 0 Å². The first-order valence-corrected chi connectivity index (χ1v) is 2.87. The van der Waals surface area contributed by atoms with Crippen LogP contribution >= 0.6 is 0 Å². The van der Waals surface area contributed by atoms with Gasteiger partial charge in [-0.1, -0.05) is 13.8 Å². The van der Waals surface area contributed by atoms with E-state index >= 15 is 0 Å². The summed E-state index contributed by atoms with van der Waals surface area (Å²) in [5, 5.41) is 0. The molecular formula is C7H14NY-. The van der Waals surface area contributed by atoms with E-state index in [2.05, 4.69) is 11.2 Å². The van der Waals surface area contributed by atoms with Gasteiger partial charge in [0.25, 0.3) is 0 Å². The summed E-state index contributed by atoms with van der Waals surface area (Å²) in [6.07, 6.45) is 6.29. The molecular weight excluding hydrogens is 187 g/mol. The van der Waals surface area contributed by atoms with E-state index in [0.29, 0.717) is 0 Å². The Bertz CT molecular complexity index is 57.3. The third-order valence-electron chi connectivity index (χ3n) is 0.370. The zero-order chi connectivity index (χ0) is 6.83. The minimum Gasteiger partial charge on any atom is -0.399 e. The Labute approximate surface area is 83.5 Å². The molecule has 0 aliphatic heterocycles. The van der Waals surface area contributed by atoms with Crippen LogP contribution in [0.3, 0.4) is 0 Å². The fourth-order valence-corrected chi connectivity index (χ4v) is 0.149. The molecule has 51 valence electrons. The second-order valence-electron chi connectivity index (χ2n) is 0.853. The van der Waals surface area contributed by atoms with Gasteiger partial charge in [0.2, 0.25) is 0 Å². The zero-order valence-corrected chi connectivity index (χ0v) is 9.52. The van der Waals surface area contributed by atoms with E-state index in [1.165, 1.54) is 0 Å². The molecule has 1 radical (unpaired) electrons. The summed E-state index contributed by atoms with van der Waals surface area (Å²) in [5.74, 6) is 0. The quantitative estimate of drug-likeness (QED) is 0.455. The van der Waals surface area contributed by atoms with Crippen LogP contribution in [-0.2, 0) is 32.7 Å². The molecule has 0 amide bonds. The number of aliphatic imine (C=N–C) groups is 1. The maximum absolute atomic E-state index is 3.59. The molecule has 0 spiro atoms. The molecule has 0 bridgehead atoms. The van der Waals surface area contributed by atoms with Gasteiger partial charge in [0, 0.05) is 39.8 Å². The van der Waals surface area contributed by atoms with Crippen LogP contribution < -0.4 is 0 Å². The second kappa shape index (κ2) is 23.6. The van der Waals surface area contributed by atoms with Crippen molar-refractivity contribution in [1.29, 1.82) is 0 Å². The summed E-state index contributed by atoms with van der Waals surface area (Å²) in [4.78, 5) is 3.59. The van der Waals surface area contributed by atoms with Gasteiger partial charge in [-0.3, -0.25) is 0 Å². The summed E-state index contributed by atoms with van der Waals surface area (Å²) in [6, 6.07) is 0. The van der Waals surface area contributed by atoms with Crippen molar-refractivity contribution in [3.63, 3.8) is 0 Å². The smallest absolute Gasteiger partial charge is 0.00584 e. The Hall–Kier alpha value is 0.514. The Kier molecular flexibility index (Phi) is 42.6. The summed E-state index contributed by atoms with van der Waals surface area (Å²) in [7, 11) is 1.69. The molecule has 9 heavy (non-hydrogen) atoms. The Morgan fingerprint density at radius 2 is 1.78 bits per heavy atom. The number of rotatable bonds is 1. The van der Waals surface area contributed by atoms with Crippen LogP contribution in [0.15, 0.2) is 17.1 Å². The molecule has 0 aromatic rings. The van der Waals surface area contributed by atoms with E-state index in [1.54, 1.807) is 13.1 Å². The Morgan fingerprint density at radius 3 is 1.89 bits per heavy atom. The maximum Gasteiger partial charge on any atom is 0.00584 e. The monoisotopic (exact) mass is 201 g/mol. The van der Waals surface area contributed by atoms with E-state index in [1.807, 2.05) is 26.8 Å². The molecule has 0 saturated carbocycles. The third kappa shape index (κ3) is 29.3. The first-order chi connectivity index (χ1) is 3.91. The van der Waals surface area contributed by atoms with Crippen LogP contribution in [0.1, 0.15) is 20.8 Å². The largest absolute Gasteiger partial charge is 0.399 e. The van der Waals surface area contributed by atoms with E-state index in [0.717, 1.165) is 0 Å². The van der Waals surface area contributed by atoms with Crippen LogP contribution in [0, 0.1) is 0 Å². The average molecular weight is 201 g/mol. The van der Waals surface area contributed by atoms with Gasteiger partial charge in [0.05, 0.1) is 0 Å². The average Bonchev–Trinajstić information content (AvgIpc) is 1.88. The van der Waals surface area contributed by atoms with Gasteiger partial charge in [-0.05, 0) is 0 Å². The molecule has 0 aliphatic rings. The van der Waals surface area contributed by atoms with E-state index < -0.39 is 0 Å². The predicted molar refractivity (Wildman–Crippen MR) is 39.5 cm³/mol. The second-order valence-corrected chi connectivity index (χ2v) is 0.853. The molecule has 0 aromatic carbocycles. The molecule has 0 N–H and O–H groups in total. The van der Waals surface area contributed by atoms with Gasteiger partial charge in [0.15, 0.2) is 0 Å². The number of hydrogen-bond donors (Lipinski definition) is 0.